The zero-order valence-electron chi connectivity index (χ0n) is 11.2. The summed E-state index contributed by atoms with van der Waals surface area (Å²) in [6.45, 7) is 6.22. The molecule has 0 aromatic carbocycles. The minimum absolute atomic E-state index is 0.384. The van der Waals surface area contributed by atoms with Crippen LogP contribution >= 0.6 is 11.3 Å². The highest BCUT2D eigenvalue weighted by molar-refractivity contribution is 7.10. The molecule has 0 radical (unpaired) electrons. The fourth-order valence-electron chi connectivity index (χ4n) is 1.97. The Hall–Kier alpha value is -0.420. The summed E-state index contributed by atoms with van der Waals surface area (Å²) in [7, 11) is 4.24. The lowest BCUT2D eigenvalue weighted by Crippen LogP contribution is -2.38. The molecule has 0 saturated carbocycles. The SMILES string of the molecule is CCCN(CCN(C)C)C(CN)c1cccs1. The van der Waals surface area contributed by atoms with Gasteiger partial charge in [0.15, 0.2) is 0 Å². The number of nitrogens with zero attached hydrogens (tertiary/aromatic N) is 2. The molecule has 1 rings (SSSR count). The Morgan fingerprint density at radius 3 is 2.53 bits per heavy atom. The third-order valence-electron chi connectivity index (χ3n) is 2.88. The van der Waals surface area contributed by atoms with Crippen LogP contribution in [0.15, 0.2) is 17.5 Å². The molecule has 1 aromatic rings. The first kappa shape index (κ1) is 14.6. The van der Waals surface area contributed by atoms with Gasteiger partial charge in [0, 0.05) is 24.5 Å². The Morgan fingerprint density at radius 1 is 1.29 bits per heavy atom. The van der Waals surface area contributed by atoms with Crippen LogP contribution in [0.25, 0.3) is 0 Å². The maximum absolute atomic E-state index is 5.95. The molecule has 17 heavy (non-hydrogen) atoms. The van der Waals surface area contributed by atoms with E-state index < -0.39 is 0 Å². The van der Waals surface area contributed by atoms with Gasteiger partial charge in [-0.3, -0.25) is 4.90 Å². The monoisotopic (exact) mass is 255 g/mol. The lowest BCUT2D eigenvalue weighted by molar-refractivity contribution is 0.185. The molecule has 1 unspecified atom stereocenters. The van der Waals surface area contributed by atoms with E-state index in [1.165, 1.54) is 11.3 Å². The second-order valence-corrected chi connectivity index (χ2v) is 5.59. The Morgan fingerprint density at radius 2 is 2.06 bits per heavy atom. The van der Waals surface area contributed by atoms with Crippen molar-refractivity contribution in [1.29, 1.82) is 0 Å². The number of nitrogens with two attached hydrogens (primary N) is 1. The van der Waals surface area contributed by atoms with Crippen molar-refractivity contribution in [3.63, 3.8) is 0 Å². The highest BCUT2D eigenvalue weighted by Crippen LogP contribution is 2.24. The molecule has 0 spiro atoms. The Kier molecular flexibility index (Phi) is 6.73. The normalized spacial score (nSPS) is 13.5. The van der Waals surface area contributed by atoms with E-state index in [0.717, 1.165) is 19.6 Å². The molecule has 0 aliphatic carbocycles. The Balaban J connectivity index is 2.65. The van der Waals surface area contributed by atoms with Crippen LogP contribution < -0.4 is 5.73 Å². The van der Waals surface area contributed by atoms with Crippen molar-refractivity contribution in [2.45, 2.75) is 19.4 Å². The molecule has 98 valence electrons. The molecule has 0 saturated heterocycles. The largest absolute Gasteiger partial charge is 0.329 e. The third kappa shape index (κ3) is 4.76. The van der Waals surface area contributed by atoms with Crippen LogP contribution in [-0.2, 0) is 0 Å². The van der Waals surface area contributed by atoms with Crippen LogP contribution in [-0.4, -0.2) is 50.1 Å². The van der Waals surface area contributed by atoms with Crippen molar-refractivity contribution >= 4 is 11.3 Å². The second kappa shape index (κ2) is 7.82. The standard InChI is InChI=1S/C13H25N3S/c1-4-7-16(9-8-15(2)3)12(11-14)13-6-5-10-17-13/h5-6,10,12H,4,7-9,11,14H2,1-3H3. The molecule has 4 heteroatoms. The topological polar surface area (TPSA) is 32.5 Å². The lowest BCUT2D eigenvalue weighted by atomic mass is 10.2. The average molecular weight is 255 g/mol. The molecule has 1 aromatic heterocycles. The van der Waals surface area contributed by atoms with Crippen LogP contribution in [0.1, 0.15) is 24.3 Å². The number of hydrogen-bond acceptors (Lipinski definition) is 4. The summed E-state index contributed by atoms with van der Waals surface area (Å²) < 4.78 is 0. The molecule has 1 atom stereocenters. The van der Waals surface area contributed by atoms with E-state index in [0.29, 0.717) is 12.6 Å². The quantitative estimate of drug-likeness (QED) is 0.771. The van der Waals surface area contributed by atoms with E-state index in [1.54, 1.807) is 0 Å². The minimum atomic E-state index is 0.384. The summed E-state index contributed by atoms with van der Waals surface area (Å²) in [5.74, 6) is 0. The van der Waals surface area contributed by atoms with E-state index in [2.05, 4.69) is 48.3 Å². The van der Waals surface area contributed by atoms with Crippen LogP contribution in [0, 0.1) is 0 Å². The average Bonchev–Trinajstić information content (AvgIpc) is 2.80. The maximum Gasteiger partial charge on any atom is 0.0564 e. The van der Waals surface area contributed by atoms with Gasteiger partial charge >= 0.3 is 0 Å². The molecule has 0 fully saturated rings. The maximum atomic E-state index is 5.95. The third-order valence-corrected chi connectivity index (χ3v) is 3.85. The highest BCUT2D eigenvalue weighted by atomic mass is 32.1. The lowest BCUT2D eigenvalue weighted by Gasteiger charge is -2.31. The first-order valence-electron chi connectivity index (χ1n) is 6.31. The predicted octanol–water partition coefficient (Wildman–Crippen LogP) is 2.02. The van der Waals surface area contributed by atoms with Crippen molar-refractivity contribution in [3.8, 4) is 0 Å². The van der Waals surface area contributed by atoms with Crippen molar-refractivity contribution in [1.82, 2.24) is 9.80 Å². The van der Waals surface area contributed by atoms with Crippen LogP contribution in [0.5, 0.6) is 0 Å². The highest BCUT2D eigenvalue weighted by Gasteiger charge is 2.18. The van der Waals surface area contributed by atoms with Gasteiger partial charge in [0.25, 0.3) is 0 Å². The summed E-state index contributed by atoms with van der Waals surface area (Å²) in [5.41, 5.74) is 5.95. The van der Waals surface area contributed by atoms with Gasteiger partial charge in [-0.1, -0.05) is 13.0 Å². The molecule has 0 amide bonds. The minimum Gasteiger partial charge on any atom is -0.329 e. The molecule has 2 N–H and O–H groups in total. The predicted molar refractivity (Wildman–Crippen MR) is 76.5 cm³/mol. The smallest absolute Gasteiger partial charge is 0.0564 e. The van der Waals surface area contributed by atoms with E-state index >= 15 is 0 Å². The number of hydrogen-bond donors (Lipinski definition) is 1. The molecule has 0 aliphatic heterocycles. The van der Waals surface area contributed by atoms with Gasteiger partial charge in [-0.15, -0.1) is 11.3 Å². The fraction of sp³-hybridized carbons (Fsp3) is 0.692. The zero-order valence-corrected chi connectivity index (χ0v) is 12.0. The zero-order chi connectivity index (χ0) is 12.7. The van der Waals surface area contributed by atoms with Gasteiger partial charge in [-0.25, -0.2) is 0 Å². The molecule has 1 heterocycles. The molecular formula is C13H25N3S. The van der Waals surface area contributed by atoms with Gasteiger partial charge in [-0.2, -0.15) is 0 Å². The van der Waals surface area contributed by atoms with Gasteiger partial charge in [0.05, 0.1) is 6.04 Å². The van der Waals surface area contributed by atoms with Crippen molar-refractivity contribution < 1.29 is 0 Å². The van der Waals surface area contributed by atoms with E-state index in [-0.39, 0.29) is 0 Å². The van der Waals surface area contributed by atoms with Crippen LogP contribution in [0.4, 0.5) is 0 Å². The number of rotatable bonds is 8. The Bertz CT molecular complexity index is 285. The Labute approximate surface area is 109 Å². The first-order valence-corrected chi connectivity index (χ1v) is 7.19. The summed E-state index contributed by atoms with van der Waals surface area (Å²) in [6.07, 6.45) is 1.18. The van der Waals surface area contributed by atoms with Crippen LogP contribution in [0.3, 0.4) is 0 Å². The van der Waals surface area contributed by atoms with Gasteiger partial charge in [0.2, 0.25) is 0 Å². The van der Waals surface area contributed by atoms with Gasteiger partial charge in [-0.05, 0) is 38.5 Å². The fourth-order valence-corrected chi connectivity index (χ4v) is 2.84. The molecule has 0 aliphatic rings. The molecule has 0 bridgehead atoms. The summed E-state index contributed by atoms with van der Waals surface area (Å²) in [4.78, 5) is 6.12. The number of likely N-dealkylation sites (N-methyl/N-ethyl adjacent to an activating group) is 1. The van der Waals surface area contributed by atoms with Crippen molar-refractivity contribution in [2.24, 2.45) is 5.73 Å². The summed E-state index contributed by atoms with van der Waals surface area (Å²) >= 11 is 1.81. The number of thiophene rings is 1. The first-order chi connectivity index (χ1) is 8.19. The van der Waals surface area contributed by atoms with E-state index in [4.69, 9.17) is 5.73 Å². The molecular weight excluding hydrogens is 230 g/mol. The summed E-state index contributed by atoms with van der Waals surface area (Å²) in [5, 5.41) is 2.13. The van der Waals surface area contributed by atoms with E-state index in [9.17, 15) is 0 Å². The summed E-state index contributed by atoms with van der Waals surface area (Å²) in [6, 6.07) is 4.69. The van der Waals surface area contributed by atoms with Crippen molar-refractivity contribution in [2.75, 3.05) is 40.3 Å². The van der Waals surface area contributed by atoms with Crippen LogP contribution in [0.2, 0.25) is 0 Å². The second-order valence-electron chi connectivity index (χ2n) is 4.61. The van der Waals surface area contributed by atoms with Gasteiger partial charge < -0.3 is 10.6 Å². The molecule has 3 nitrogen and oxygen atoms in total. The van der Waals surface area contributed by atoms with Crippen molar-refractivity contribution in [3.05, 3.63) is 22.4 Å². The van der Waals surface area contributed by atoms with E-state index in [1.807, 2.05) is 11.3 Å². The van der Waals surface area contributed by atoms with Gasteiger partial charge in [0.1, 0.15) is 0 Å².